The van der Waals surface area contributed by atoms with Crippen LogP contribution in [-0.4, -0.2) is 18.4 Å². The molecule has 0 aliphatic carbocycles. The zero-order valence-corrected chi connectivity index (χ0v) is 12.7. The molecule has 22 heavy (non-hydrogen) atoms. The number of hydrogen-bond acceptors (Lipinski definition) is 3. The maximum absolute atomic E-state index is 11.9. The van der Waals surface area contributed by atoms with Gasteiger partial charge in [0.1, 0.15) is 5.75 Å². The lowest BCUT2D eigenvalue weighted by molar-refractivity contribution is -0.118. The Morgan fingerprint density at radius 1 is 1.23 bits per heavy atom. The van der Waals surface area contributed by atoms with E-state index in [2.05, 4.69) is 5.32 Å². The van der Waals surface area contributed by atoms with Crippen LogP contribution in [0.25, 0.3) is 0 Å². The van der Waals surface area contributed by atoms with Crippen molar-refractivity contribution in [3.63, 3.8) is 0 Å². The van der Waals surface area contributed by atoms with Gasteiger partial charge in [-0.05, 0) is 48.9 Å². The van der Waals surface area contributed by atoms with Gasteiger partial charge in [-0.3, -0.25) is 9.59 Å². The maximum atomic E-state index is 11.9. The first kappa shape index (κ1) is 15.9. The lowest BCUT2D eigenvalue weighted by atomic mass is 10.2. The van der Waals surface area contributed by atoms with Crippen LogP contribution in [0.3, 0.4) is 0 Å². The molecule has 0 heterocycles. The quantitative estimate of drug-likeness (QED) is 0.889. The number of primary amides is 1. The molecule has 0 spiro atoms. The molecule has 0 aliphatic heterocycles. The van der Waals surface area contributed by atoms with Crippen molar-refractivity contribution in [1.82, 2.24) is 0 Å². The molecule has 0 saturated carbocycles. The Morgan fingerprint density at radius 2 is 2.00 bits per heavy atom. The lowest BCUT2D eigenvalue weighted by Crippen LogP contribution is -2.21. The number of ether oxygens (including phenoxy) is 1. The normalized spacial score (nSPS) is 10.1. The van der Waals surface area contributed by atoms with E-state index in [4.69, 9.17) is 22.1 Å². The molecule has 0 bridgehead atoms. The summed E-state index contributed by atoms with van der Waals surface area (Å²) < 4.78 is 5.44. The van der Waals surface area contributed by atoms with Crippen molar-refractivity contribution in [3.8, 4) is 5.75 Å². The summed E-state index contributed by atoms with van der Waals surface area (Å²) in [7, 11) is 0. The second-order valence-corrected chi connectivity index (χ2v) is 5.13. The number of anilines is 1. The highest BCUT2D eigenvalue weighted by atomic mass is 35.5. The lowest BCUT2D eigenvalue weighted by Gasteiger charge is -2.10. The van der Waals surface area contributed by atoms with Crippen LogP contribution >= 0.6 is 11.6 Å². The van der Waals surface area contributed by atoms with E-state index in [1.165, 1.54) is 6.07 Å². The molecule has 0 radical (unpaired) electrons. The average Bonchev–Trinajstić information content (AvgIpc) is 2.46. The molecule has 0 fully saturated rings. The largest absolute Gasteiger partial charge is 0.483 e. The van der Waals surface area contributed by atoms with Gasteiger partial charge in [-0.1, -0.05) is 17.7 Å². The van der Waals surface area contributed by atoms with E-state index in [0.29, 0.717) is 22.0 Å². The minimum atomic E-state index is -0.552. The summed E-state index contributed by atoms with van der Waals surface area (Å²) in [5, 5.41) is 3.25. The van der Waals surface area contributed by atoms with E-state index in [0.717, 1.165) is 5.56 Å². The molecule has 0 saturated heterocycles. The van der Waals surface area contributed by atoms with E-state index in [9.17, 15) is 9.59 Å². The maximum Gasteiger partial charge on any atom is 0.262 e. The first-order valence-electron chi connectivity index (χ1n) is 6.54. The predicted octanol–water partition coefficient (Wildman–Crippen LogP) is 2.76. The molecule has 5 nitrogen and oxygen atoms in total. The van der Waals surface area contributed by atoms with Gasteiger partial charge in [-0.2, -0.15) is 0 Å². The van der Waals surface area contributed by atoms with E-state index < -0.39 is 5.91 Å². The van der Waals surface area contributed by atoms with Gasteiger partial charge in [0.15, 0.2) is 6.61 Å². The first-order valence-corrected chi connectivity index (χ1v) is 6.92. The average molecular weight is 319 g/mol. The van der Waals surface area contributed by atoms with Gasteiger partial charge in [0.25, 0.3) is 5.91 Å². The number of hydrogen-bond donors (Lipinski definition) is 2. The van der Waals surface area contributed by atoms with Gasteiger partial charge in [0.05, 0.1) is 0 Å². The van der Waals surface area contributed by atoms with Gasteiger partial charge in [-0.15, -0.1) is 0 Å². The second-order valence-electron chi connectivity index (χ2n) is 4.69. The van der Waals surface area contributed by atoms with Gasteiger partial charge in [-0.25, -0.2) is 0 Å². The number of amides is 2. The summed E-state index contributed by atoms with van der Waals surface area (Å²) >= 11 is 5.85. The highest BCUT2D eigenvalue weighted by molar-refractivity contribution is 6.30. The fourth-order valence-electron chi connectivity index (χ4n) is 1.87. The third-order valence-corrected chi connectivity index (χ3v) is 3.16. The zero-order valence-electron chi connectivity index (χ0n) is 11.9. The molecule has 114 valence electrons. The SMILES string of the molecule is Cc1cc(Cl)ccc1OCC(=O)Nc1cccc(C(N)=O)c1. The van der Waals surface area contributed by atoms with E-state index in [1.807, 2.05) is 6.92 Å². The van der Waals surface area contributed by atoms with Crippen molar-refractivity contribution >= 4 is 29.1 Å². The molecule has 2 rings (SSSR count). The van der Waals surface area contributed by atoms with E-state index >= 15 is 0 Å². The van der Waals surface area contributed by atoms with Crippen LogP contribution in [0.15, 0.2) is 42.5 Å². The summed E-state index contributed by atoms with van der Waals surface area (Å²) in [4.78, 5) is 23.0. The third-order valence-electron chi connectivity index (χ3n) is 2.93. The predicted molar refractivity (Wildman–Crippen MR) is 85.3 cm³/mol. The van der Waals surface area contributed by atoms with Crippen LogP contribution < -0.4 is 15.8 Å². The fraction of sp³-hybridized carbons (Fsp3) is 0.125. The number of aryl methyl sites for hydroxylation is 1. The monoisotopic (exact) mass is 318 g/mol. The molecule has 0 aromatic heterocycles. The van der Waals surface area contributed by atoms with Crippen LogP contribution in [0.5, 0.6) is 5.75 Å². The van der Waals surface area contributed by atoms with Crippen molar-refractivity contribution < 1.29 is 14.3 Å². The third kappa shape index (κ3) is 4.23. The first-order chi connectivity index (χ1) is 10.5. The van der Waals surface area contributed by atoms with Gasteiger partial charge in [0.2, 0.25) is 5.91 Å². The highest BCUT2D eigenvalue weighted by Crippen LogP contribution is 2.21. The number of benzene rings is 2. The summed E-state index contributed by atoms with van der Waals surface area (Å²) in [5.74, 6) is -0.300. The molecular weight excluding hydrogens is 304 g/mol. The zero-order chi connectivity index (χ0) is 16.1. The molecular formula is C16H15ClN2O3. The summed E-state index contributed by atoms with van der Waals surface area (Å²) in [6, 6.07) is 11.5. The molecule has 0 atom stereocenters. The van der Waals surface area contributed by atoms with Crippen molar-refractivity contribution in [2.45, 2.75) is 6.92 Å². The smallest absolute Gasteiger partial charge is 0.262 e. The Balaban J connectivity index is 1.95. The van der Waals surface area contributed by atoms with E-state index in [-0.39, 0.29) is 12.5 Å². The Kier molecular flexibility index (Phi) is 5.01. The van der Waals surface area contributed by atoms with Crippen LogP contribution in [-0.2, 0) is 4.79 Å². The van der Waals surface area contributed by atoms with Gasteiger partial charge >= 0.3 is 0 Å². The minimum absolute atomic E-state index is 0.150. The van der Waals surface area contributed by atoms with Crippen molar-refractivity contribution in [1.29, 1.82) is 0 Å². The number of halogens is 1. The number of nitrogens with two attached hydrogens (primary N) is 1. The Labute approximate surface area is 133 Å². The minimum Gasteiger partial charge on any atom is -0.483 e. The van der Waals surface area contributed by atoms with Crippen LogP contribution in [0.1, 0.15) is 15.9 Å². The van der Waals surface area contributed by atoms with Crippen molar-refractivity contribution in [2.24, 2.45) is 5.73 Å². The molecule has 0 aliphatic rings. The number of nitrogens with one attached hydrogen (secondary N) is 1. The highest BCUT2D eigenvalue weighted by Gasteiger charge is 2.07. The summed E-state index contributed by atoms with van der Waals surface area (Å²) in [6.07, 6.45) is 0. The summed E-state index contributed by atoms with van der Waals surface area (Å²) in [5.41, 5.74) is 6.84. The standard InChI is InChI=1S/C16H15ClN2O3/c1-10-7-12(17)5-6-14(10)22-9-15(20)19-13-4-2-3-11(8-13)16(18)21/h2-8H,9H2,1H3,(H2,18,21)(H,19,20). The molecule has 0 unspecified atom stereocenters. The Bertz CT molecular complexity index is 716. The molecule has 6 heteroatoms. The van der Waals surface area contributed by atoms with E-state index in [1.54, 1.807) is 36.4 Å². The molecule has 2 aromatic carbocycles. The number of carbonyl (C=O) groups excluding carboxylic acids is 2. The van der Waals surface area contributed by atoms with Crippen molar-refractivity contribution in [3.05, 3.63) is 58.6 Å². The molecule has 3 N–H and O–H groups in total. The Morgan fingerprint density at radius 3 is 2.68 bits per heavy atom. The Hall–Kier alpha value is -2.53. The number of carbonyl (C=O) groups is 2. The molecule has 2 amide bonds. The summed E-state index contributed by atoms with van der Waals surface area (Å²) in [6.45, 7) is 1.69. The number of rotatable bonds is 5. The second kappa shape index (κ2) is 6.95. The van der Waals surface area contributed by atoms with Gasteiger partial charge in [0, 0.05) is 16.3 Å². The van der Waals surface area contributed by atoms with Gasteiger partial charge < -0.3 is 15.8 Å². The van der Waals surface area contributed by atoms with Crippen LogP contribution in [0, 0.1) is 6.92 Å². The van der Waals surface area contributed by atoms with Crippen LogP contribution in [0.2, 0.25) is 5.02 Å². The van der Waals surface area contributed by atoms with Crippen molar-refractivity contribution in [2.75, 3.05) is 11.9 Å². The molecule has 2 aromatic rings. The van der Waals surface area contributed by atoms with Crippen LogP contribution in [0.4, 0.5) is 5.69 Å². The topological polar surface area (TPSA) is 81.4 Å². The fourth-order valence-corrected chi connectivity index (χ4v) is 2.09.